The lowest BCUT2D eigenvalue weighted by Gasteiger charge is -2.61. The lowest BCUT2D eigenvalue weighted by molar-refractivity contribution is -0.177. The van der Waals surface area contributed by atoms with E-state index in [1.807, 2.05) is 13.8 Å². The van der Waals surface area contributed by atoms with Gasteiger partial charge in [0.1, 0.15) is 5.54 Å². The minimum absolute atomic E-state index is 0.0675. The summed E-state index contributed by atoms with van der Waals surface area (Å²) in [4.78, 5) is 12.6. The number of amides is 1. The van der Waals surface area contributed by atoms with Crippen LogP contribution >= 0.6 is 0 Å². The molecule has 110 valence electrons. The molecule has 1 amide bonds. The predicted octanol–water partition coefficient (Wildman–Crippen LogP) is 0.404. The van der Waals surface area contributed by atoms with Crippen molar-refractivity contribution in [1.29, 1.82) is 0 Å². The van der Waals surface area contributed by atoms with Gasteiger partial charge in [-0.05, 0) is 27.2 Å². The lowest BCUT2D eigenvalue weighted by Crippen LogP contribution is -2.81. The van der Waals surface area contributed by atoms with E-state index in [1.165, 1.54) is 0 Å². The maximum atomic E-state index is 12.6. The maximum Gasteiger partial charge on any atom is 0.241 e. The first-order valence-corrected chi connectivity index (χ1v) is 6.96. The van der Waals surface area contributed by atoms with Crippen molar-refractivity contribution in [3.8, 4) is 0 Å². The summed E-state index contributed by atoms with van der Waals surface area (Å²) in [6, 6.07) is 0. The van der Waals surface area contributed by atoms with Crippen molar-refractivity contribution in [2.45, 2.75) is 64.3 Å². The summed E-state index contributed by atoms with van der Waals surface area (Å²) in [7, 11) is 0. The predicted molar refractivity (Wildman–Crippen MR) is 72.4 cm³/mol. The molecule has 5 nitrogen and oxygen atoms in total. The SMILES string of the molecule is CC(O)C(C)(C)NC(=O)C1(N)C2CCOC2C1(C)C. The molecular weight excluding hydrogens is 244 g/mol. The Hall–Kier alpha value is -0.650. The second-order valence-corrected chi connectivity index (χ2v) is 7.13. The molecule has 5 heteroatoms. The minimum atomic E-state index is -0.916. The number of carbonyl (C=O) groups is 1. The topological polar surface area (TPSA) is 84.6 Å². The molecule has 4 atom stereocenters. The molecule has 1 aliphatic carbocycles. The molecule has 0 aromatic heterocycles. The van der Waals surface area contributed by atoms with Crippen molar-refractivity contribution in [3.63, 3.8) is 0 Å². The Morgan fingerprint density at radius 3 is 2.63 bits per heavy atom. The van der Waals surface area contributed by atoms with E-state index >= 15 is 0 Å². The van der Waals surface area contributed by atoms with Crippen LogP contribution in [-0.2, 0) is 9.53 Å². The molecule has 2 rings (SSSR count). The van der Waals surface area contributed by atoms with Gasteiger partial charge in [0.05, 0.1) is 17.7 Å². The van der Waals surface area contributed by atoms with Crippen LogP contribution in [0.4, 0.5) is 0 Å². The van der Waals surface area contributed by atoms with Crippen molar-refractivity contribution in [2.24, 2.45) is 17.1 Å². The van der Waals surface area contributed by atoms with Crippen LogP contribution in [-0.4, -0.2) is 40.9 Å². The van der Waals surface area contributed by atoms with Crippen LogP contribution in [0.3, 0.4) is 0 Å². The Balaban J connectivity index is 2.19. The Labute approximate surface area is 114 Å². The zero-order valence-electron chi connectivity index (χ0n) is 12.5. The first-order valence-electron chi connectivity index (χ1n) is 6.96. The number of hydrogen-bond donors (Lipinski definition) is 3. The average Bonchev–Trinajstić information content (AvgIpc) is 2.74. The van der Waals surface area contributed by atoms with Crippen LogP contribution in [0.25, 0.3) is 0 Å². The summed E-state index contributed by atoms with van der Waals surface area (Å²) in [5.41, 5.74) is 4.45. The molecule has 1 heterocycles. The highest BCUT2D eigenvalue weighted by Crippen LogP contribution is 2.58. The van der Waals surface area contributed by atoms with Crippen molar-refractivity contribution in [1.82, 2.24) is 5.32 Å². The van der Waals surface area contributed by atoms with E-state index in [2.05, 4.69) is 5.32 Å². The molecule has 1 saturated heterocycles. The standard InChI is InChI=1S/C14H26N2O3/c1-8(17)13(4,5)16-11(18)14(15)9-6-7-19-10(9)12(14,2)3/h8-10,17H,6-7,15H2,1-5H3,(H,16,18). The minimum Gasteiger partial charge on any atom is -0.391 e. The number of nitrogens with one attached hydrogen (secondary N) is 1. The summed E-state index contributed by atoms with van der Waals surface area (Å²) >= 11 is 0. The highest BCUT2D eigenvalue weighted by molar-refractivity contribution is 5.90. The van der Waals surface area contributed by atoms with Gasteiger partial charge < -0.3 is 20.9 Å². The highest BCUT2D eigenvalue weighted by Gasteiger charge is 2.71. The van der Waals surface area contributed by atoms with Crippen LogP contribution < -0.4 is 11.1 Å². The van der Waals surface area contributed by atoms with E-state index in [0.29, 0.717) is 6.61 Å². The van der Waals surface area contributed by atoms with Gasteiger partial charge in [0.25, 0.3) is 0 Å². The van der Waals surface area contributed by atoms with Crippen LogP contribution in [0.1, 0.15) is 41.0 Å². The Morgan fingerprint density at radius 2 is 2.11 bits per heavy atom. The fourth-order valence-electron chi connectivity index (χ4n) is 3.35. The number of aliphatic hydroxyl groups is 1. The molecule has 0 aromatic rings. The van der Waals surface area contributed by atoms with E-state index in [1.54, 1.807) is 20.8 Å². The fraction of sp³-hybridized carbons (Fsp3) is 0.929. The Kier molecular flexibility index (Phi) is 3.24. The third kappa shape index (κ3) is 1.82. The van der Waals surface area contributed by atoms with Crippen LogP contribution in [0.15, 0.2) is 0 Å². The number of hydrogen-bond acceptors (Lipinski definition) is 4. The van der Waals surface area contributed by atoms with Gasteiger partial charge in [-0.2, -0.15) is 0 Å². The summed E-state index contributed by atoms with van der Waals surface area (Å²) in [6.45, 7) is 9.89. The third-order valence-corrected chi connectivity index (χ3v) is 5.31. The molecule has 0 bridgehead atoms. The van der Waals surface area contributed by atoms with Gasteiger partial charge >= 0.3 is 0 Å². The molecule has 2 aliphatic rings. The smallest absolute Gasteiger partial charge is 0.241 e. The first kappa shape index (κ1) is 14.8. The second kappa shape index (κ2) is 4.17. The summed E-state index contributed by atoms with van der Waals surface area (Å²) < 4.78 is 5.68. The fourth-order valence-corrected chi connectivity index (χ4v) is 3.35. The Bertz CT molecular complexity index is 392. The molecular formula is C14H26N2O3. The zero-order chi connectivity index (χ0) is 14.6. The van der Waals surface area contributed by atoms with Gasteiger partial charge in [0, 0.05) is 17.9 Å². The third-order valence-electron chi connectivity index (χ3n) is 5.31. The number of nitrogens with two attached hydrogens (primary N) is 1. The largest absolute Gasteiger partial charge is 0.391 e. The number of ether oxygens (including phenoxy) is 1. The number of rotatable bonds is 3. The van der Waals surface area contributed by atoms with Crippen molar-refractivity contribution < 1.29 is 14.6 Å². The quantitative estimate of drug-likeness (QED) is 0.693. The van der Waals surface area contributed by atoms with Gasteiger partial charge in [-0.15, -0.1) is 0 Å². The van der Waals surface area contributed by atoms with Crippen LogP contribution in [0.2, 0.25) is 0 Å². The van der Waals surface area contributed by atoms with Crippen LogP contribution in [0, 0.1) is 11.3 Å². The van der Waals surface area contributed by atoms with Gasteiger partial charge in [-0.25, -0.2) is 0 Å². The highest BCUT2D eigenvalue weighted by atomic mass is 16.5. The van der Waals surface area contributed by atoms with Crippen molar-refractivity contribution >= 4 is 5.91 Å². The number of carbonyl (C=O) groups excluding carboxylic acids is 1. The number of aliphatic hydroxyl groups excluding tert-OH is 1. The monoisotopic (exact) mass is 270 g/mol. The molecule has 19 heavy (non-hydrogen) atoms. The molecule has 1 aliphatic heterocycles. The van der Waals surface area contributed by atoms with Crippen molar-refractivity contribution in [3.05, 3.63) is 0 Å². The van der Waals surface area contributed by atoms with E-state index in [-0.39, 0.29) is 23.3 Å². The zero-order valence-corrected chi connectivity index (χ0v) is 12.5. The average molecular weight is 270 g/mol. The normalized spacial score (nSPS) is 38.3. The maximum absolute atomic E-state index is 12.6. The molecule has 4 N–H and O–H groups in total. The van der Waals surface area contributed by atoms with Gasteiger partial charge in [0.2, 0.25) is 5.91 Å². The summed E-state index contributed by atoms with van der Waals surface area (Å²) in [6.07, 6.45) is 0.254. The van der Waals surface area contributed by atoms with E-state index < -0.39 is 17.2 Å². The van der Waals surface area contributed by atoms with E-state index in [4.69, 9.17) is 10.5 Å². The number of fused-ring (bicyclic) bond motifs is 1. The molecule has 1 saturated carbocycles. The molecule has 2 fully saturated rings. The lowest BCUT2D eigenvalue weighted by atomic mass is 9.47. The Morgan fingerprint density at radius 1 is 1.53 bits per heavy atom. The van der Waals surface area contributed by atoms with E-state index in [0.717, 1.165) is 6.42 Å². The van der Waals surface area contributed by atoms with Gasteiger partial charge in [-0.3, -0.25) is 4.79 Å². The molecule has 0 spiro atoms. The summed E-state index contributed by atoms with van der Waals surface area (Å²) in [5, 5.41) is 12.6. The van der Waals surface area contributed by atoms with Crippen LogP contribution in [0.5, 0.6) is 0 Å². The van der Waals surface area contributed by atoms with Crippen molar-refractivity contribution in [2.75, 3.05) is 6.61 Å². The first-order chi connectivity index (χ1) is 8.55. The van der Waals surface area contributed by atoms with Gasteiger partial charge in [-0.1, -0.05) is 13.8 Å². The molecule has 0 radical (unpaired) electrons. The molecule has 4 unspecified atom stereocenters. The second-order valence-electron chi connectivity index (χ2n) is 7.13. The molecule has 0 aromatic carbocycles. The van der Waals surface area contributed by atoms with E-state index in [9.17, 15) is 9.90 Å². The summed E-state index contributed by atoms with van der Waals surface area (Å²) in [5.74, 6) is -0.109. The van der Waals surface area contributed by atoms with Gasteiger partial charge in [0.15, 0.2) is 0 Å².